The summed E-state index contributed by atoms with van der Waals surface area (Å²) in [5.41, 5.74) is 0.0653. The Morgan fingerprint density at radius 3 is 2.36 bits per heavy atom. The number of fused-ring (bicyclic) bond motifs is 1. The maximum Gasteiger partial charge on any atom is 0.179 e. The molecule has 6 nitrogen and oxygen atoms in total. The highest BCUT2D eigenvalue weighted by Crippen LogP contribution is 2.44. The van der Waals surface area contributed by atoms with Gasteiger partial charge in [0.2, 0.25) is 0 Å². The van der Waals surface area contributed by atoms with Crippen LogP contribution in [0.25, 0.3) is 0 Å². The number of aliphatic hydroxyl groups excluding tert-OH is 1. The van der Waals surface area contributed by atoms with Crippen LogP contribution in [-0.2, 0) is 14.6 Å². The van der Waals surface area contributed by atoms with Gasteiger partial charge in [0.15, 0.2) is 9.84 Å². The van der Waals surface area contributed by atoms with Gasteiger partial charge in [-0.05, 0) is 41.5 Å². The lowest BCUT2D eigenvalue weighted by Gasteiger charge is -2.33. The van der Waals surface area contributed by atoms with E-state index in [0.717, 1.165) is 17.1 Å². The van der Waals surface area contributed by atoms with E-state index < -0.39 is 33.1 Å². The molecular formula is C25H35FNO5S+. The molecule has 0 radical (unpaired) electrons. The fourth-order valence-corrected chi connectivity index (χ4v) is 6.24. The van der Waals surface area contributed by atoms with Crippen LogP contribution in [0.1, 0.15) is 30.9 Å². The normalized spacial score (nSPS) is 21.8. The van der Waals surface area contributed by atoms with E-state index in [4.69, 9.17) is 9.47 Å². The van der Waals surface area contributed by atoms with Gasteiger partial charge in [0, 0.05) is 11.3 Å². The maximum atomic E-state index is 14.1. The minimum atomic E-state index is -3.68. The van der Waals surface area contributed by atoms with Crippen LogP contribution in [-0.4, -0.2) is 77.4 Å². The van der Waals surface area contributed by atoms with Crippen molar-refractivity contribution in [2.24, 2.45) is 5.41 Å². The third-order valence-electron chi connectivity index (χ3n) is 5.96. The van der Waals surface area contributed by atoms with E-state index in [1.54, 1.807) is 38.1 Å². The summed E-state index contributed by atoms with van der Waals surface area (Å²) in [6.45, 7) is 5.89. The quantitative estimate of drug-likeness (QED) is 0.357. The summed E-state index contributed by atoms with van der Waals surface area (Å²) in [5.74, 6) is -0.795. The van der Waals surface area contributed by atoms with Crippen LogP contribution in [0.2, 0.25) is 0 Å². The Kier molecular flexibility index (Phi) is 7.53. The molecule has 0 amide bonds. The highest BCUT2D eigenvalue weighted by Gasteiger charge is 2.45. The second-order valence-electron chi connectivity index (χ2n) is 10.4. The summed E-state index contributed by atoms with van der Waals surface area (Å²) in [7, 11) is 2.64. The second kappa shape index (κ2) is 9.70. The molecule has 0 saturated heterocycles. The predicted molar refractivity (Wildman–Crippen MR) is 126 cm³/mol. The number of halogens is 1. The van der Waals surface area contributed by atoms with Crippen molar-refractivity contribution in [2.75, 3.05) is 53.3 Å². The smallest absolute Gasteiger partial charge is 0.179 e. The first-order chi connectivity index (χ1) is 15.3. The Bertz CT molecular complexity index is 1060. The fourth-order valence-electron chi connectivity index (χ4n) is 4.11. The number of hydrogen-bond donors (Lipinski definition) is 1. The molecule has 0 fully saturated rings. The lowest BCUT2D eigenvalue weighted by molar-refractivity contribution is -0.870. The van der Waals surface area contributed by atoms with Gasteiger partial charge in [-0.25, -0.2) is 12.8 Å². The zero-order valence-electron chi connectivity index (χ0n) is 20.0. The summed E-state index contributed by atoms with van der Waals surface area (Å²) < 4.78 is 52.3. The van der Waals surface area contributed by atoms with Crippen LogP contribution in [0.4, 0.5) is 4.39 Å². The number of sulfone groups is 1. The van der Waals surface area contributed by atoms with E-state index in [-0.39, 0.29) is 16.2 Å². The zero-order valence-corrected chi connectivity index (χ0v) is 20.9. The van der Waals surface area contributed by atoms with Crippen molar-refractivity contribution in [3.8, 4) is 5.75 Å². The van der Waals surface area contributed by atoms with Gasteiger partial charge in [-0.3, -0.25) is 0 Å². The Hall–Kier alpha value is -2.00. The molecular weight excluding hydrogens is 445 g/mol. The number of likely N-dealkylation sites (N-methyl/N-ethyl adjacent to an activating group) is 1. The van der Waals surface area contributed by atoms with Crippen molar-refractivity contribution in [3.63, 3.8) is 0 Å². The summed E-state index contributed by atoms with van der Waals surface area (Å²) in [5, 5.41) is 11.2. The van der Waals surface area contributed by atoms with E-state index in [2.05, 4.69) is 21.1 Å². The zero-order chi connectivity index (χ0) is 24.4. The molecule has 1 aliphatic heterocycles. The Labute approximate surface area is 196 Å². The molecule has 8 heteroatoms. The molecule has 2 aromatic rings. The summed E-state index contributed by atoms with van der Waals surface area (Å²) >= 11 is 0. The molecule has 0 bridgehead atoms. The highest BCUT2D eigenvalue weighted by atomic mass is 32.2. The Balaban J connectivity index is 1.78. The number of hydrogen-bond acceptors (Lipinski definition) is 5. The van der Waals surface area contributed by atoms with Gasteiger partial charge in [0.05, 0.1) is 51.1 Å². The van der Waals surface area contributed by atoms with Crippen LogP contribution in [0.15, 0.2) is 47.4 Å². The largest absolute Gasteiger partial charge is 0.491 e. The molecule has 3 rings (SSSR count). The first kappa shape index (κ1) is 25.6. The van der Waals surface area contributed by atoms with Gasteiger partial charge in [-0.15, -0.1) is 0 Å². The predicted octanol–water partition coefficient (Wildman–Crippen LogP) is 3.23. The van der Waals surface area contributed by atoms with Gasteiger partial charge in [-0.2, -0.15) is 0 Å². The number of aliphatic hydroxyl groups is 1. The minimum absolute atomic E-state index is 0.0740. The van der Waals surface area contributed by atoms with E-state index in [1.807, 2.05) is 0 Å². The molecule has 1 N–H and O–H groups in total. The van der Waals surface area contributed by atoms with Crippen molar-refractivity contribution in [1.82, 2.24) is 0 Å². The maximum absolute atomic E-state index is 14.1. The first-order valence-electron chi connectivity index (χ1n) is 11.1. The van der Waals surface area contributed by atoms with Gasteiger partial charge in [-0.1, -0.05) is 26.0 Å². The first-order valence-corrected chi connectivity index (χ1v) is 12.8. The molecule has 0 aliphatic carbocycles. The van der Waals surface area contributed by atoms with Crippen molar-refractivity contribution in [1.29, 1.82) is 0 Å². The number of nitrogens with zero attached hydrogens (tertiary/aromatic N) is 1. The van der Waals surface area contributed by atoms with Crippen LogP contribution in [0, 0.1) is 11.2 Å². The molecule has 0 saturated carbocycles. The molecule has 2 aromatic carbocycles. The number of ether oxygens (including phenoxy) is 2. The second-order valence-corrected chi connectivity index (χ2v) is 12.4. The van der Waals surface area contributed by atoms with Crippen LogP contribution in [0.3, 0.4) is 0 Å². The number of quaternary nitrogens is 1. The van der Waals surface area contributed by atoms with Crippen molar-refractivity contribution in [2.45, 2.75) is 30.8 Å². The number of benzene rings is 2. The Morgan fingerprint density at radius 1 is 1.06 bits per heavy atom. The molecule has 2 atom stereocenters. The average molecular weight is 481 g/mol. The van der Waals surface area contributed by atoms with Gasteiger partial charge < -0.3 is 19.1 Å². The topological polar surface area (TPSA) is 72.8 Å². The lowest BCUT2D eigenvalue weighted by atomic mass is 9.75. The summed E-state index contributed by atoms with van der Waals surface area (Å²) in [6, 6.07) is 10.8. The Morgan fingerprint density at radius 2 is 1.73 bits per heavy atom. The minimum Gasteiger partial charge on any atom is -0.491 e. The van der Waals surface area contributed by atoms with Crippen LogP contribution < -0.4 is 4.74 Å². The monoisotopic (exact) mass is 480 g/mol. The third-order valence-corrected chi connectivity index (χ3v) is 8.13. The van der Waals surface area contributed by atoms with Gasteiger partial charge in [0.1, 0.15) is 24.7 Å². The molecule has 182 valence electrons. The van der Waals surface area contributed by atoms with Gasteiger partial charge in [0.25, 0.3) is 0 Å². The highest BCUT2D eigenvalue weighted by molar-refractivity contribution is 7.91. The summed E-state index contributed by atoms with van der Waals surface area (Å²) in [4.78, 5) is 0.0740. The average Bonchev–Trinajstić information content (AvgIpc) is 2.75. The van der Waals surface area contributed by atoms with E-state index in [0.29, 0.717) is 31.1 Å². The standard InChI is InChI=1S/C25H35FNO5S/c1-25(2)17-33(29,30)22-11-8-19(26)16-21(22)23(24(25)28)18-6-9-20(10-7-18)32-15-14-31-13-12-27(3,4)5/h6-11,16,23-24,28H,12-15,17H2,1-5H3/q+1/t23-,24-/m1/s1. The number of rotatable bonds is 8. The third kappa shape index (κ3) is 6.32. The summed E-state index contributed by atoms with van der Waals surface area (Å²) in [6.07, 6.45) is -1.02. The molecule has 0 aromatic heterocycles. The molecule has 33 heavy (non-hydrogen) atoms. The van der Waals surface area contributed by atoms with Gasteiger partial charge >= 0.3 is 0 Å². The van der Waals surface area contributed by atoms with E-state index >= 15 is 0 Å². The fraction of sp³-hybridized carbons (Fsp3) is 0.520. The molecule has 0 spiro atoms. The molecule has 0 unspecified atom stereocenters. The van der Waals surface area contributed by atoms with Crippen LogP contribution >= 0.6 is 0 Å². The molecule has 1 heterocycles. The SMILES string of the molecule is CC1(C)CS(=O)(=O)c2ccc(F)cc2[C@@H](c2ccc(OCCOCC[N+](C)(C)C)cc2)[C@H]1O. The van der Waals surface area contributed by atoms with Crippen molar-refractivity contribution < 1.29 is 31.9 Å². The lowest BCUT2D eigenvalue weighted by Crippen LogP contribution is -2.38. The molecule has 1 aliphatic rings. The van der Waals surface area contributed by atoms with E-state index in [1.165, 1.54) is 12.1 Å². The van der Waals surface area contributed by atoms with Crippen molar-refractivity contribution >= 4 is 9.84 Å². The van der Waals surface area contributed by atoms with Crippen LogP contribution in [0.5, 0.6) is 5.75 Å². The van der Waals surface area contributed by atoms with Crippen molar-refractivity contribution in [3.05, 3.63) is 59.4 Å². The van der Waals surface area contributed by atoms with E-state index in [9.17, 15) is 17.9 Å².